The van der Waals surface area contributed by atoms with Gasteiger partial charge in [-0.05, 0) is 36.4 Å². The normalized spacial score (nSPS) is 14.8. The monoisotopic (exact) mass is 347 g/mol. The first-order valence-electron chi connectivity index (χ1n) is 7.53. The van der Waals surface area contributed by atoms with Crippen molar-refractivity contribution in [1.29, 1.82) is 0 Å². The van der Waals surface area contributed by atoms with E-state index in [-0.39, 0.29) is 5.91 Å². The highest BCUT2D eigenvalue weighted by atomic mass is 35.5. The number of pyridine rings is 1. The van der Waals surface area contributed by atoms with Gasteiger partial charge >= 0.3 is 0 Å². The van der Waals surface area contributed by atoms with Crippen molar-refractivity contribution in [1.82, 2.24) is 9.88 Å². The van der Waals surface area contributed by atoms with Crippen molar-refractivity contribution < 1.29 is 4.79 Å². The number of carbonyl (C=O) groups is 1. The smallest absolute Gasteiger partial charge is 0.233 e. The number of halogens is 1. The minimum Gasteiger partial charge on any atom is -0.368 e. The molecule has 0 saturated carbocycles. The van der Waals surface area contributed by atoms with Crippen LogP contribution in [0.2, 0.25) is 5.02 Å². The highest BCUT2D eigenvalue weighted by Crippen LogP contribution is 2.21. The number of nitrogens with zero attached hydrogens (tertiary/aromatic N) is 3. The predicted octanol–water partition coefficient (Wildman–Crippen LogP) is 3.18. The van der Waals surface area contributed by atoms with E-state index >= 15 is 0 Å². The lowest BCUT2D eigenvalue weighted by Gasteiger charge is -2.36. The molecule has 2 aromatic rings. The number of piperazine rings is 1. The number of benzene rings is 1. The van der Waals surface area contributed by atoms with Crippen LogP contribution in [0.3, 0.4) is 0 Å². The summed E-state index contributed by atoms with van der Waals surface area (Å²) in [5.41, 5.74) is 1.17. The zero-order chi connectivity index (χ0) is 16.1. The first-order valence-corrected chi connectivity index (χ1v) is 8.90. The van der Waals surface area contributed by atoms with Crippen molar-refractivity contribution in [3.05, 3.63) is 53.8 Å². The van der Waals surface area contributed by atoms with Gasteiger partial charge in [0.25, 0.3) is 0 Å². The molecule has 6 heteroatoms. The Morgan fingerprint density at radius 1 is 1.04 bits per heavy atom. The standard InChI is InChI=1S/C17H18ClN3OS/c18-14-1-3-16(4-2-14)23-13-17(22)21-11-9-20(10-12-21)15-5-7-19-8-6-15/h1-8H,9-13H2. The zero-order valence-electron chi connectivity index (χ0n) is 12.7. The molecule has 0 aliphatic carbocycles. The Bertz CT molecular complexity index is 643. The quantitative estimate of drug-likeness (QED) is 0.796. The minimum atomic E-state index is 0.194. The van der Waals surface area contributed by atoms with Gasteiger partial charge < -0.3 is 9.80 Å². The van der Waals surface area contributed by atoms with E-state index in [0.717, 1.165) is 31.1 Å². The summed E-state index contributed by atoms with van der Waals surface area (Å²) in [4.78, 5) is 21.7. The lowest BCUT2D eigenvalue weighted by Crippen LogP contribution is -2.49. The molecule has 1 aromatic carbocycles. The Hall–Kier alpha value is -1.72. The van der Waals surface area contributed by atoms with Gasteiger partial charge in [0.05, 0.1) is 5.75 Å². The van der Waals surface area contributed by atoms with Gasteiger partial charge in [0.2, 0.25) is 5.91 Å². The fourth-order valence-electron chi connectivity index (χ4n) is 2.54. The summed E-state index contributed by atoms with van der Waals surface area (Å²) in [5.74, 6) is 0.663. The summed E-state index contributed by atoms with van der Waals surface area (Å²) in [7, 11) is 0. The number of thioether (sulfide) groups is 1. The molecular formula is C17H18ClN3OS. The van der Waals surface area contributed by atoms with Gasteiger partial charge in [-0.15, -0.1) is 11.8 Å². The molecular weight excluding hydrogens is 330 g/mol. The fourth-order valence-corrected chi connectivity index (χ4v) is 3.46. The molecule has 1 saturated heterocycles. The van der Waals surface area contributed by atoms with Crippen molar-refractivity contribution in [2.24, 2.45) is 0 Å². The Labute approximate surface area is 145 Å². The molecule has 1 amide bonds. The summed E-state index contributed by atoms with van der Waals surface area (Å²) < 4.78 is 0. The Morgan fingerprint density at radius 2 is 1.70 bits per heavy atom. The van der Waals surface area contributed by atoms with Crippen LogP contribution in [0.15, 0.2) is 53.7 Å². The summed E-state index contributed by atoms with van der Waals surface area (Å²) in [5, 5.41) is 0.716. The van der Waals surface area contributed by atoms with Gasteiger partial charge in [-0.2, -0.15) is 0 Å². The molecule has 0 radical (unpaired) electrons. The van der Waals surface area contributed by atoms with Crippen molar-refractivity contribution in [2.45, 2.75) is 4.90 Å². The van der Waals surface area contributed by atoms with Crippen LogP contribution in [0.4, 0.5) is 5.69 Å². The van der Waals surface area contributed by atoms with E-state index in [9.17, 15) is 4.79 Å². The third-order valence-electron chi connectivity index (χ3n) is 3.84. The van der Waals surface area contributed by atoms with Crippen LogP contribution in [-0.4, -0.2) is 47.7 Å². The molecule has 23 heavy (non-hydrogen) atoms. The number of hydrogen-bond acceptors (Lipinski definition) is 4. The number of hydrogen-bond donors (Lipinski definition) is 0. The van der Waals surface area contributed by atoms with Gasteiger partial charge in [0.1, 0.15) is 0 Å². The van der Waals surface area contributed by atoms with E-state index in [1.54, 1.807) is 24.2 Å². The molecule has 0 spiro atoms. The Balaban J connectivity index is 1.47. The summed E-state index contributed by atoms with van der Waals surface area (Å²) >= 11 is 7.42. The molecule has 0 atom stereocenters. The predicted molar refractivity (Wildman–Crippen MR) is 95.2 cm³/mol. The third-order valence-corrected chi connectivity index (χ3v) is 5.08. The largest absolute Gasteiger partial charge is 0.368 e. The minimum absolute atomic E-state index is 0.194. The SMILES string of the molecule is O=C(CSc1ccc(Cl)cc1)N1CCN(c2ccncc2)CC1. The Morgan fingerprint density at radius 3 is 2.35 bits per heavy atom. The molecule has 4 nitrogen and oxygen atoms in total. The van der Waals surface area contributed by atoms with Gasteiger partial charge in [0, 0.05) is 54.2 Å². The lowest BCUT2D eigenvalue weighted by atomic mass is 10.2. The van der Waals surface area contributed by atoms with Gasteiger partial charge in [-0.3, -0.25) is 9.78 Å². The van der Waals surface area contributed by atoms with Gasteiger partial charge in [0.15, 0.2) is 0 Å². The van der Waals surface area contributed by atoms with Crippen LogP contribution in [0.1, 0.15) is 0 Å². The second kappa shape index (κ2) is 7.70. The number of amides is 1. The maximum absolute atomic E-state index is 12.3. The first kappa shape index (κ1) is 16.1. The van der Waals surface area contributed by atoms with Crippen LogP contribution in [0.5, 0.6) is 0 Å². The van der Waals surface area contributed by atoms with Gasteiger partial charge in [-0.25, -0.2) is 0 Å². The third kappa shape index (κ3) is 4.39. The average molecular weight is 348 g/mol. The van der Waals surface area contributed by atoms with E-state index in [4.69, 9.17) is 11.6 Å². The maximum Gasteiger partial charge on any atom is 0.233 e. The maximum atomic E-state index is 12.3. The van der Waals surface area contributed by atoms with Crippen LogP contribution in [0, 0.1) is 0 Å². The Kier molecular flexibility index (Phi) is 5.41. The number of carbonyl (C=O) groups excluding carboxylic acids is 1. The number of aromatic nitrogens is 1. The topological polar surface area (TPSA) is 36.4 Å². The molecule has 1 fully saturated rings. The van der Waals surface area contributed by atoms with Crippen LogP contribution in [-0.2, 0) is 4.79 Å². The zero-order valence-corrected chi connectivity index (χ0v) is 14.3. The molecule has 0 N–H and O–H groups in total. The lowest BCUT2D eigenvalue weighted by molar-refractivity contribution is -0.128. The van der Waals surface area contributed by atoms with Crippen molar-refractivity contribution in [3.8, 4) is 0 Å². The molecule has 120 valence electrons. The number of rotatable bonds is 4. The molecule has 2 heterocycles. The van der Waals surface area contributed by atoms with E-state index in [1.807, 2.05) is 41.3 Å². The fraction of sp³-hybridized carbons (Fsp3) is 0.294. The van der Waals surface area contributed by atoms with E-state index in [2.05, 4.69) is 9.88 Å². The molecule has 3 rings (SSSR count). The first-order chi connectivity index (χ1) is 11.2. The number of anilines is 1. The van der Waals surface area contributed by atoms with Crippen LogP contribution < -0.4 is 4.90 Å². The molecule has 1 aliphatic rings. The van der Waals surface area contributed by atoms with Crippen LogP contribution in [0.25, 0.3) is 0 Å². The summed E-state index contributed by atoms with van der Waals surface area (Å²) in [6, 6.07) is 11.6. The van der Waals surface area contributed by atoms with Crippen LogP contribution >= 0.6 is 23.4 Å². The summed E-state index contributed by atoms with van der Waals surface area (Å²) in [6.07, 6.45) is 3.60. The van der Waals surface area contributed by atoms with E-state index in [1.165, 1.54) is 5.69 Å². The molecule has 0 unspecified atom stereocenters. The molecule has 1 aliphatic heterocycles. The average Bonchev–Trinajstić information content (AvgIpc) is 2.62. The van der Waals surface area contributed by atoms with E-state index in [0.29, 0.717) is 10.8 Å². The van der Waals surface area contributed by atoms with Gasteiger partial charge in [-0.1, -0.05) is 11.6 Å². The molecule has 0 bridgehead atoms. The van der Waals surface area contributed by atoms with Crippen molar-refractivity contribution in [3.63, 3.8) is 0 Å². The summed E-state index contributed by atoms with van der Waals surface area (Å²) in [6.45, 7) is 3.26. The van der Waals surface area contributed by atoms with Crippen molar-refractivity contribution in [2.75, 3.05) is 36.8 Å². The molecule has 1 aromatic heterocycles. The van der Waals surface area contributed by atoms with Crippen molar-refractivity contribution >= 4 is 35.0 Å². The second-order valence-electron chi connectivity index (χ2n) is 5.32. The van der Waals surface area contributed by atoms with E-state index < -0.39 is 0 Å². The highest BCUT2D eigenvalue weighted by molar-refractivity contribution is 8.00. The highest BCUT2D eigenvalue weighted by Gasteiger charge is 2.21. The second-order valence-corrected chi connectivity index (χ2v) is 6.80.